The van der Waals surface area contributed by atoms with Crippen LogP contribution >= 0.6 is 11.3 Å². The van der Waals surface area contributed by atoms with Gasteiger partial charge in [-0.3, -0.25) is 9.80 Å². The molecule has 0 bridgehead atoms. The number of halogens is 3. The molecule has 0 saturated carbocycles. The Balaban J connectivity index is 1.75. The molecule has 1 aromatic heterocycles. The Kier molecular flexibility index (Phi) is 5.36. The van der Waals surface area contributed by atoms with E-state index in [2.05, 4.69) is 5.10 Å². The Morgan fingerprint density at radius 2 is 2.00 bits per heavy atom. The molecule has 1 unspecified atom stereocenters. The van der Waals surface area contributed by atoms with E-state index in [-0.39, 0.29) is 18.9 Å². The zero-order valence-electron chi connectivity index (χ0n) is 14.2. The van der Waals surface area contributed by atoms with E-state index in [1.54, 1.807) is 12.1 Å². The van der Waals surface area contributed by atoms with Crippen LogP contribution in [0, 0.1) is 0 Å². The summed E-state index contributed by atoms with van der Waals surface area (Å²) in [7, 11) is 0. The molecule has 2 aliphatic heterocycles. The lowest BCUT2D eigenvalue weighted by Gasteiger charge is -2.26. The van der Waals surface area contributed by atoms with Crippen molar-refractivity contribution in [2.75, 3.05) is 19.6 Å². The van der Waals surface area contributed by atoms with Gasteiger partial charge in [-0.2, -0.15) is 18.3 Å². The molecule has 3 heterocycles. The number of hydrazone groups is 1. The van der Waals surface area contributed by atoms with Crippen molar-refractivity contribution in [1.82, 2.24) is 9.91 Å². The number of piperidine rings is 1. The maximum absolute atomic E-state index is 13.2. The van der Waals surface area contributed by atoms with Gasteiger partial charge in [-0.25, -0.2) is 0 Å². The van der Waals surface area contributed by atoms with E-state index in [0.29, 0.717) is 21.9 Å². The summed E-state index contributed by atoms with van der Waals surface area (Å²) in [4.78, 5) is 15.6. The second kappa shape index (κ2) is 7.35. The first-order valence-corrected chi connectivity index (χ1v) is 9.52. The van der Waals surface area contributed by atoms with E-state index in [0.717, 1.165) is 37.4 Å². The summed E-state index contributed by atoms with van der Waals surface area (Å²) in [6, 6.07) is 1.87. The fourth-order valence-electron chi connectivity index (χ4n) is 3.28. The van der Waals surface area contributed by atoms with E-state index in [1.165, 1.54) is 11.3 Å². The molecule has 8 heteroatoms. The quantitative estimate of drug-likeness (QED) is 0.796. The number of amides is 1. The van der Waals surface area contributed by atoms with Crippen molar-refractivity contribution in [2.45, 2.75) is 51.2 Å². The first-order valence-electron chi connectivity index (χ1n) is 8.70. The highest BCUT2D eigenvalue weighted by atomic mass is 32.1. The van der Waals surface area contributed by atoms with Crippen LogP contribution in [-0.4, -0.2) is 53.4 Å². The van der Waals surface area contributed by atoms with Crippen LogP contribution in [-0.2, 0) is 0 Å². The predicted molar refractivity (Wildman–Crippen MR) is 92.1 cm³/mol. The number of carbonyl (C=O) groups excluding carboxylic acids is 1. The number of thiophene rings is 1. The Bertz CT molecular complexity index is 650. The van der Waals surface area contributed by atoms with Crippen LogP contribution in [0.25, 0.3) is 0 Å². The topological polar surface area (TPSA) is 35.9 Å². The van der Waals surface area contributed by atoms with Gasteiger partial charge in [0.05, 0.1) is 15.5 Å². The van der Waals surface area contributed by atoms with Gasteiger partial charge in [-0.15, -0.1) is 11.3 Å². The average Bonchev–Trinajstić information content (AvgIpc) is 3.22. The maximum Gasteiger partial charge on any atom is 0.410 e. The minimum atomic E-state index is -4.30. The second-order valence-corrected chi connectivity index (χ2v) is 7.57. The molecule has 2 aliphatic rings. The SMILES string of the molecule is CCCN1N=C(c2ccc(C(=O)N3CCCCC3)s2)CC1C(F)(F)F. The summed E-state index contributed by atoms with van der Waals surface area (Å²) in [5, 5.41) is 5.34. The number of hydrogen-bond donors (Lipinski definition) is 0. The smallest absolute Gasteiger partial charge is 0.338 e. The molecule has 1 aromatic rings. The molecule has 138 valence electrons. The summed E-state index contributed by atoms with van der Waals surface area (Å²) in [5.74, 6) is -0.0210. The lowest BCUT2D eigenvalue weighted by molar-refractivity contribution is -0.178. The van der Waals surface area contributed by atoms with Crippen molar-refractivity contribution in [1.29, 1.82) is 0 Å². The normalized spacial score (nSPS) is 21.6. The maximum atomic E-state index is 13.2. The molecule has 1 saturated heterocycles. The van der Waals surface area contributed by atoms with E-state index in [4.69, 9.17) is 0 Å². The van der Waals surface area contributed by atoms with E-state index in [9.17, 15) is 18.0 Å². The standard InChI is InChI=1S/C17H22F3N3OS/c1-2-8-23-15(17(18,19)20)11-12(21-23)13-6-7-14(25-13)16(24)22-9-4-3-5-10-22/h6-7,15H,2-5,8-11H2,1H3. The third-order valence-corrected chi connectivity index (χ3v) is 5.69. The molecule has 0 radical (unpaired) electrons. The lowest BCUT2D eigenvalue weighted by Crippen LogP contribution is -2.40. The fraction of sp³-hybridized carbons (Fsp3) is 0.647. The summed E-state index contributed by atoms with van der Waals surface area (Å²) in [5.41, 5.74) is 0.429. The number of rotatable bonds is 4. The van der Waals surface area contributed by atoms with Crippen LogP contribution in [0.15, 0.2) is 17.2 Å². The van der Waals surface area contributed by atoms with Crippen molar-refractivity contribution < 1.29 is 18.0 Å². The summed E-state index contributed by atoms with van der Waals surface area (Å²) in [6.45, 7) is 3.63. The number of nitrogens with zero attached hydrogens (tertiary/aromatic N) is 3. The van der Waals surface area contributed by atoms with Crippen LogP contribution in [0.4, 0.5) is 13.2 Å². The van der Waals surface area contributed by atoms with Crippen LogP contribution in [0.3, 0.4) is 0 Å². The van der Waals surface area contributed by atoms with Crippen LogP contribution in [0.1, 0.15) is 53.6 Å². The number of hydrogen-bond acceptors (Lipinski definition) is 4. The van der Waals surface area contributed by atoms with Gasteiger partial charge in [-0.05, 0) is 37.8 Å². The van der Waals surface area contributed by atoms with E-state index < -0.39 is 12.2 Å². The van der Waals surface area contributed by atoms with Crippen molar-refractivity contribution >= 4 is 23.0 Å². The highest BCUT2D eigenvalue weighted by molar-refractivity contribution is 7.16. The van der Waals surface area contributed by atoms with Crippen molar-refractivity contribution in [3.63, 3.8) is 0 Å². The number of carbonyl (C=O) groups is 1. The second-order valence-electron chi connectivity index (χ2n) is 6.49. The van der Waals surface area contributed by atoms with Gasteiger partial charge < -0.3 is 4.90 Å². The predicted octanol–water partition coefficient (Wildman–Crippen LogP) is 4.12. The van der Waals surface area contributed by atoms with Crippen LogP contribution < -0.4 is 0 Å². The van der Waals surface area contributed by atoms with Gasteiger partial charge in [-0.1, -0.05) is 6.92 Å². The van der Waals surface area contributed by atoms with Gasteiger partial charge in [0.15, 0.2) is 0 Å². The fourth-order valence-corrected chi connectivity index (χ4v) is 4.25. The third kappa shape index (κ3) is 3.99. The third-order valence-electron chi connectivity index (χ3n) is 4.57. The monoisotopic (exact) mass is 373 g/mol. The zero-order valence-corrected chi connectivity index (χ0v) is 15.0. The van der Waals surface area contributed by atoms with Crippen LogP contribution in [0.2, 0.25) is 0 Å². The first kappa shape index (κ1) is 18.2. The molecule has 1 fully saturated rings. The molecule has 3 rings (SSSR count). The number of alkyl halides is 3. The van der Waals surface area contributed by atoms with Gasteiger partial charge in [0, 0.05) is 26.1 Å². The Hall–Kier alpha value is -1.57. The molecule has 0 N–H and O–H groups in total. The molecule has 1 amide bonds. The van der Waals surface area contributed by atoms with Gasteiger partial charge in [0.1, 0.15) is 6.04 Å². The Labute approximate surface area is 149 Å². The molecule has 25 heavy (non-hydrogen) atoms. The summed E-state index contributed by atoms with van der Waals surface area (Å²) < 4.78 is 39.7. The minimum absolute atomic E-state index is 0.0210. The van der Waals surface area contributed by atoms with Gasteiger partial charge in [0.25, 0.3) is 5.91 Å². The van der Waals surface area contributed by atoms with Gasteiger partial charge in [0.2, 0.25) is 0 Å². The molecule has 0 aromatic carbocycles. The minimum Gasteiger partial charge on any atom is -0.338 e. The number of likely N-dealkylation sites (tertiary alicyclic amines) is 1. The molecular formula is C17H22F3N3OS. The van der Waals surface area contributed by atoms with E-state index in [1.807, 2.05) is 11.8 Å². The summed E-state index contributed by atoms with van der Waals surface area (Å²) in [6.07, 6.45) is -0.688. The Morgan fingerprint density at radius 3 is 2.64 bits per heavy atom. The van der Waals surface area contributed by atoms with Gasteiger partial charge >= 0.3 is 6.18 Å². The lowest BCUT2D eigenvalue weighted by atomic mass is 10.1. The highest BCUT2D eigenvalue weighted by Gasteiger charge is 2.47. The first-order chi connectivity index (χ1) is 11.9. The Morgan fingerprint density at radius 1 is 1.28 bits per heavy atom. The zero-order chi connectivity index (χ0) is 18.0. The average molecular weight is 373 g/mol. The molecule has 0 spiro atoms. The summed E-state index contributed by atoms with van der Waals surface area (Å²) >= 11 is 1.25. The van der Waals surface area contributed by atoms with Crippen molar-refractivity contribution in [3.05, 3.63) is 21.9 Å². The molecule has 4 nitrogen and oxygen atoms in total. The molecule has 0 aliphatic carbocycles. The largest absolute Gasteiger partial charge is 0.410 e. The van der Waals surface area contributed by atoms with E-state index >= 15 is 0 Å². The van der Waals surface area contributed by atoms with Crippen LogP contribution in [0.5, 0.6) is 0 Å². The molecule has 1 atom stereocenters. The molecular weight excluding hydrogens is 351 g/mol. The highest BCUT2D eigenvalue weighted by Crippen LogP contribution is 2.34. The van der Waals surface area contributed by atoms with Crippen molar-refractivity contribution in [3.8, 4) is 0 Å². The van der Waals surface area contributed by atoms with Crippen molar-refractivity contribution in [2.24, 2.45) is 5.10 Å².